The lowest BCUT2D eigenvalue weighted by molar-refractivity contribution is -0.00150. The van der Waals surface area contributed by atoms with Crippen molar-refractivity contribution in [2.24, 2.45) is 17.8 Å². The van der Waals surface area contributed by atoms with E-state index in [1.165, 1.54) is 12.8 Å². The van der Waals surface area contributed by atoms with Crippen LogP contribution in [-0.4, -0.2) is 39.6 Å². The first-order valence-electron chi connectivity index (χ1n) is 7.87. The molecule has 0 radical (unpaired) electrons. The molecule has 0 bridgehead atoms. The van der Waals surface area contributed by atoms with Crippen molar-refractivity contribution in [3.05, 3.63) is 38.0 Å². The summed E-state index contributed by atoms with van der Waals surface area (Å²) in [5, 5.41) is 0. The van der Waals surface area contributed by atoms with Gasteiger partial charge in [0.05, 0.1) is 33.0 Å². The zero-order valence-electron chi connectivity index (χ0n) is 13.2. The van der Waals surface area contributed by atoms with Gasteiger partial charge in [-0.1, -0.05) is 18.2 Å². The summed E-state index contributed by atoms with van der Waals surface area (Å²) in [5.41, 5.74) is 0. The molecule has 0 spiro atoms. The van der Waals surface area contributed by atoms with Gasteiger partial charge >= 0.3 is 0 Å². The SMILES string of the molecule is C=CCOCC1CCC(COCC=C)C(COCC=C)C1. The molecule has 1 aliphatic rings. The minimum atomic E-state index is 0.542. The molecule has 0 aromatic carbocycles. The van der Waals surface area contributed by atoms with Gasteiger partial charge in [0, 0.05) is 6.61 Å². The zero-order chi connectivity index (χ0) is 15.3. The Bertz CT molecular complexity index is 301. The fraction of sp³-hybridized carbons (Fsp3) is 0.667. The summed E-state index contributed by atoms with van der Waals surface area (Å²) < 4.78 is 16.9. The van der Waals surface area contributed by atoms with Crippen LogP contribution in [0.5, 0.6) is 0 Å². The summed E-state index contributed by atoms with van der Waals surface area (Å²) in [7, 11) is 0. The third kappa shape index (κ3) is 7.60. The van der Waals surface area contributed by atoms with Gasteiger partial charge in [-0.15, -0.1) is 19.7 Å². The predicted molar refractivity (Wildman–Crippen MR) is 87.4 cm³/mol. The maximum atomic E-state index is 5.68. The molecule has 0 saturated heterocycles. The average molecular weight is 294 g/mol. The first kappa shape index (κ1) is 18.1. The van der Waals surface area contributed by atoms with Gasteiger partial charge in [-0.2, -0.15) is 0 Å². The van der Waals surface area contributed by atoms with Crippen LogP contribution in [0.3, 0.4) is 0 Å². The van der Waals surface area contributed by atoms with E-state index in [1.54, 1.807) is 18.2 Å². The summed E-state index contributed by atoms with van der Waals surface area (Å²) in [6.07, 6.45) is 8.95. The molecule has 0 N–H and O–H groups in total. The Morgan fingerprint density at radius 2 is 1.24 bits per heavy atom. The highest BCUT2D eigenvalue weighted by Gasteiger charge is 2.30. The minimum Gasteiger partial charge on any atom is -0.377 e. The van der Waals surface area contributed by atoms with Crippen molar-refractivity contribution in [3.63, 3.8) is 0 Å². The number of ether oxygens (including phenoxy) is 3. The van der Waals surface area contributed by atoms with E-state index in [1.807, 2.05) is 0 Å². The summed E-state index contributed by atoms with van der Waals surface area (Å²) in [6, 6.07) is 0. The standard InChI is InChI=1S/C18H30O3/c1-4-9-19-13-16-7-8-17(14-20-10-5-2)18(12-16)15-21-11-6-3/h4-6,16-18H,1-3,7-15H2. The van der Waals surface area contributed by atoms with Gasteiger partial charge in [-0.05, 0) is 37.0 Å². The van der Waals surface area contributed by atoms with E-state index in [4.69, 9.17) is 14.2 Å². The van der Waals surface area contributed by atoms with Crippen LogP contribution < -0.4 is 0 Å². The lowest BCUT2D eigenvalue weighted by atomic mass is 9.75. The van der Waals surface area contributed by atoms with Crippen LogP contribution in [-0.2, 0) is 14.2 Å². The topological polar surface area (TPSA) is 27.7 Å². The fourth-order valence-electron chi connectivity index (χ4n) is 2.92. The van der Waals surface area contributed by atoms with Crippen molar-refractivity contribution < 1.29 is 14.2 Å². The van der Waals surface area contributed by atoms with Gasteiger partial charge in [0.25, 0.3) is 0 Å². The molecule has 1 rings (SSSR count). The Labute approximate surface area is 129 Å². The molecule has 1 fully saturated rings. The molecule has 0 amide bonds. The van der Waals surface area contributed by atoms with Crippen molar-refractivity contribution in [3.8, 4) is 0 Å². The Balaban J connectivity index is 2.40. The second kappa shape index (κ2) is 11.7. The highest BCUT2D eigenvalue weighted by Crippen LogP contribution is 2.34. The third-order valence-corrected chi connectivity index (χ3v) is 3.97. The lowest BCUT2D eigenvalue weighted by Crippen LogP contribution is -2.33. The minimum absolute atomic E-state index is 0.542. The molecule has 3 nitrogen and oxygen atoms in total. The van der Waals surface area contributed by atoms with Gasteiger partial charge in [-0.3, -0.25) is 0 Å². The molecule has 1 saturated carbocycles. The van der Waals surface area contributed by atoms with Crippen LogP contribution in [0.2, 0.25) is 0 Å². The fourth-order valence-corrected chi connectivity index (χ4v) is 2.92. The largest absolute Gasteiger partial charge is 0.377 e. The Morgan fingerprint density at radius 3 is 1.81 bits per heavy atom. The lowest BCUT2D eigenvalue weighted by Gasteiger charge is -2.35. The number of rotatable bonds is 12. The van der Waals surface area contributed by atoms with E-state index < -0.39 is 0 Å². The first-order chi connectivity index (χ1) is 10.3. The highest BCUT2D eigenvalue weighted by atomic mass is 16.5. The van der Waals surface area contributed by atoms with Crippen LogP contribution in [0.1, 0.15) is 19.3 Å². The molecule has 3 heteroatoms. The molecule has 0 heterocycles. The molecular formula is C18H30O3. The Hall–Kier alpha value is -0.900. The monoisotopic (exact) mass is 294 g/mol. The molecular weight excluding hydrogens is 264 g/mol. The molecule has 3 unspecified atom stereocenters. The van der Waals surface area contributed by atoms with Crippen molar-refractivity contribution in [2.75, 3.05) is 39.6 Å². The van der Waals surface area contributed by atoms with Gasteiger partial charge in [0.15, 0.2) is 0 Å². The molecule has 21 heavy (non-hydrogen) atoms. The van der Waals surface area contributed by atoms with E-state index in [0.29, 0.717) is 37.6 Å². The van der Waals surface area contributed by atoms with E-state index in [9.17, 15) is 0 Å². The smallest absolute Gasteiger partial charge is 0.0644 e. The van der Waals surface area contributed by atoms with E-state index >= 15 is 0 Å². The summed E-state index contributed by atoms with van der Waals surface area (Å²) >= 11 is 0. The Kier molecular flexibility index (Phi) is 10.1. The maximum Gasteiger partial charge on any atom is 0.0644 e. The quantitative estimate of drug-likeness (QED) is 0.406. The molecule has 3 atom stereocenters. The highest BCUT2D eigenvalue weighted by molar-refractivity contribution is 4.81. The number of hydrogen-bond acceptors (Lipinski definition) is 3. The van der Waals surface area contributed by atoms with Gasteiger partial charge in [0.2, 0.25) is 0 Å². The zero-order valence-corrected chi connectivity index (χ0v) is 13.2. The van der Waals surface area contributed by atoms with E-state index in [-0.39, 0.29) is 0 Å². The molecule has 1 aliphatic carbocycles. The van der Waals surface area contributed by atoms with Crippen LogP contribution >= 0.6 is 0 Å². The Morgan fingerprint density at radius 1 is 0.714 bits per heavy atom. The van der Waals surface area contributed by atoms with Gasteiger partial charge in [0.1, 0.15) is 0 Å². The molecule has 0 aromatic rings. The first-order valence-corrected chi connectivity index (χ1v) is 7.87. The molecule has 120 valence electrons. The normalized spacial score (nSPS) is 25.4. The summed E-state index contributed by atoms with van der Waals surface area (Å²) in [5.74, 6) is 1.74. The summed E-state index contributed by atoms with van der Waals surface area (Å²) in [6.45, 7) is 15.4. The second-order valence-electron chi connectivity index (χ2n) is 5.68. The van der Waals surface area contributed by atoms with Gasteiger partial charge < -0.3 is 14.2 Å². The van der Waals surface area contributed by atoms with Crippen molar-refractivity contribution >= 4 is 0 Å². The number of hydrogen-bond donors (Lipinski definition) is 0. The van der Waals surface area contributed by atoms with Crippen molar-refractivity contribution in [1.29, 1.82) is 0 Å². The van der Waals surface area contributed by atoms with Crippen LogP contribution in [0.25, 0.3) is 0 Å². The van der Waals surface area contributed by atoms with Crippen LogP contribution in [0, 0.1) is 17.8 Å². The van der Waals surface area contributed by atoms with Crippen molar-refractivity contribution in [1.82, 2.24) is 0 Å². The van der Waals surface area contributed by atoms with Gasteiger partial charge in [-0.25, -0.2) is 0 Å². The summed E-state index contributed by atoms with van der Waals surface area (Å²) in [4.78, 5) is 0. The third-order valence-electron chi connectivity index (χ3n) is 3.97. The molecule has 0 aromatic heterocycles. The van der Waals surface area contributed by atoms with E-state index in [0.717, 1.165) is 26.2 Å². The maximum absolute atomic E-state index is 5.68. The van der Waals surface area contributed by atoms with Crippen molar-refractivity contribution in [2.45, 2.75) is 19.3 Å². The average Bonchev–Trinajstić information content (AvgIpc) is 2.50. The van der Waals surface area contributed by atoms with Crippen LogP contribution in [0.15, 0.2) is 38.0 Å². The molecule has 0 aliphatic heterocycles. The van der Waals surface area contributed by atoms with Crippen LogP contribution in [0.4, 0.5) is 0 Å². The predicted octanol–water partition coefficient (Wildman–Crippen LogP) is 3.63. The van der Waals surface area contributed by atoms with E-state index in [2.05, 4.69) is 19.7 Å². The second-order valence-corrected chi connectivity index (χ2v) is 5.68.